The minimum Gasteiger partial charge on any atom is -0.378 e. The molecule has 0 aromatic carbocycles. The predicted octanol–water partition coefficient (Wildman–Crippen LogP) is 1.07. The molecule has 2 heterocycles. The first kappa shape index (κ1) is 13.9. The lowest BCUT2D eigenvalue weighted by atomic mass is 10.0. The molecule has 2 saturated heterocycles. The second kappa shape index (κ2) is 5.72. The van der Waals surface area contributed by atoms with Crippen molar-refractivity contribution in [1.29, 1.82) is 0 Å². The van der Waals surface area contributed by atoms with Gasteiger partial charge in [-0.05, 0) is 44.4 Å². The molecule has 3 rings (SSSR count). The van der Waals surface area contributed by atoms with E-state index in [1.807, 2.05) is 11.8 Å². The Balaban J connectivity index is 1.65. The van der Waals surface area contributed by atoms with Gasteiger partial charge in [0.05, 0.1) is 6.10 Å². The van der Waals surface area contributed by atoms with Crippen LogP contribution in [0.5, 0.6) is 0 Å². The van der Waals surface area contributed by atoms with Crippen molar-refractivity contribution in [2.24, 2.45) is 5.92 Å². The zero-order valence-electron chi connectivity index (χ0n) is 12.1. The highest BCUT2D eigenvalue weighted by atomic mass is 16.5. The molecule has 2 amide bonds. The fraction of sp³-hybridized carbons (Fsp3) is 0.867. The van der Waals surface area contributed by atoms with Crippen LogP contribution in [0.2, 0.25) is 0 Å². The molecule has 5 heteroatoms. The van der Waals surface area contributed by atoms with E-state index < -0.39 is 0 Å². The summed E-state index contributed by atoms with van der Waals surface area (Å²) < 4.78 is 5.62. The molecule has 5 nitrogen and oxygen atoms in total. The molecular weight excluding hydrogens is 256 g/mol. The number of ether oxygens (including phenoxy) is 1. The number of rotatable bonds is 5. The van der Waals surface area contributed by atoms with Crippen molar-refractivity contribution in [3.05, 3.63) is 0 Å². The Morgan fingerprint density at radius 3 is 2.70 bits per heavy atom. The number of nitrogens with zero attached hydrogens (tertiary/aromatic N) is 1. The predicted molar refractivity (Wildman–Crippen MR) is 74.0 cm³/mol. The van der Waals surface area contributed by atoms with Gasteiger partial charge in [-0.15, -0.1) is 0 Å². The van der Waals surface area contributed by atoms with Gasteiger partial charge in [0, 0.05) is 13.2 Å². The van der Waals surface area contributed by atoms with Crippen molar-refractivity contribution in [3.63, 3.8) is 0 Å². The van der Waals surface area contributed by atoms with Crippen LogP contribution in [0.3, 0.4) is 0 Å². The van der Waals surface area contributed by atoms with Crippen LogP contribution in [0, 0.1) is 5.92 Å². The van der Waals surface area contributed by atoms with Crippen LogP contribution in [0.25, 0.3) is 0 Å². The van der Waals surface area contributed by atoms with E-state index >= 15 is 0 Å². The van der Waals surface area contributed by atoms with Crippen LogP contribution >= 0.6 is 0 Å². The molecule has 2 aliphatic heterocycles. The highest BCUT2D eigenvalue weighted by Crippen LogP contribution is 2.35. The van der Waals surface area contributed by atoms with Gasteiger partial charge in [-0.25, -0.2) is 0 Å². The van der Waals surface area contributed by atoms with Crippen LogP contribution in [-0.2, 0) is 14.3 Å². The number of hydrogen-bond donors (Lipinski definition) is 1. The summed E-state index contributed by atoms with van der Waals surface area (Å²) in [7, 11) is 0. The van der Waals surface area contributed by atoms with Gasteiger partial charge in [-0.1, -0.05) is 6.92 Å². The van der Waals surface area contributed by atoms with Gasteiger partial charge < -0.3 is 15.0 Å². The van der Waals surface area contributed by atoms with Crippen molar-refractivity contribution < 1.29 is 14.3 Å². The summed E-state index contributed by atoms with van der Waals surface area (Å²) in [6, 6.07) is -0.561. The van der Waals surface area contributed by atoms with Crippen LogP contribution in [0.4, 0.5) is 0 Å². The Hall–Kier alpha value is -1.10. The number of amides is 2. The Bertz CT molecular complexity index is 389. The SMILES string of the molecule is CCC1C(=O)NC(C2CC2)C(=O)N1CCC1CCCO1. The molecule has 0 aromatic rings. The van der Waals surface area contributed by atoms with Gasteiger partial charge >= 0.3 is 0 Å². The normalized spacial score (nSPS) is 34.5. The van der Waals surface area contributed by atoms with Gasteiger partial charge in [-0.3, -0.25) is 9.59 Å². The molecule has 0 radical (unpaired) electrons. The fourth-order valence-corrected chi connectivity index (χ4v) is 3.36. The van der Waals surface area contributed by atoms with Gasteiger partial charge in [0.1, 0.15) is 12.1 Å². The summed E-state index contributed by atoms with van der Waals surface area (Å²) in [6.45, 7) is 3.45. The van der Waals surface area contributed by atoms with E-state index in [2.05, 4.69) is 5.32 Å². The van der Waals surface area contributed by atoms with E-state index in [-0.39, 0.29) is 30.0 Å². The Morgan fingerprint density at radius 2 is 2.10 bits per heavy atom. The average molecular weight is 280 g/mol. The summed E-state index contributed by atoms with van der Waals surface area (Å²) >= 11 is 0. The van der Waals surface area contributed by atoms with Crippen LogP contribution in [0.1, 0.15) is 45.4 Å². The standard InChI is InChI=1S/C15H24N2O3/c1-2-12-14(18)16-13(10-5-6-10)15(19)17(12)8-7-11-4-3-9-20-11/h10-13H,2-9H2,1H3,(H,16,18). The lowest BCUT2D eigenvalue weighted by molar-refractivity contribution is -0.150. The second-order valence-electron chi connectivity index (χ2n) is 6.20. The largest absolute Gasteiger partial charge is 0.378 e. The third-order valence-electron chi connectivity index (χ3n) is 4.72. The topological polar surface area (TPSA) is 58.6 Å². The molecular formula is C15H24N2O3. The molecule has 0 spiro atoms. The highest BCUT2D eigenvalue weighted by molar-refractivity contribution is 5.97. The molecule has 0 aromatic heterocycles. The molecule has 1 N–H and O–H groups in total. The third-order valence-corrected chi connectivity index (χ3v) is 4.72. The molecule has 112 valence electrons. The highest BCUT2D eigenvalue weighted by Gasteiger charge is 2.46. The maximum Gasteiger partial charge on any atom is 0.246 e. The minimum absolute atomic E-state index is 0.0244. The molecule has 3 unspecified atom stereocenters. The molecule has 20 heavy (non-hydrogen) atoms. The van der Waals surface area contributed by atoms with E-state index in [1.165, 1.54) is 0 Å². The van der Waals surface area contributed by atoms with E-state index in [0.29, 0.717) is 18.9 Å². The fourth-order valence-electron chi connectivity index (χ4n) is 3.36. The van der Waals surface area contributed by atoms with Gasteiger partial charge in [-0.2, -0.15) is 0 Å². The summed E-state index contributed by atoms with van der Waals surface area (Å²) in [5, 5.41) is 2.93. The number of piperazine rings is 1. The van der Waals surface area contributed by atoms with Crippen LogP contribution in [-0.4, -0.2) is 48.1 Å². The molecule has 1 aliphatic carbocycles. The van der Waals surface area contributed by atoms with Crippen molar-refractivity contribution in [2.75, 3.05) is 13.2 Å². The summed E-state index contributed by atoms with van der Waals surface area (Å²) in [6.07, 6.45) is 6.12. The zero-order chi connectivity index (χ0) is 14.1. The number of carbonyl (C=O) groups is 2. The Morgan fingerprint density at radius 1 is 1.30 bits per heavy atom. The Labute approximate surface area is 120 Å². The first-order chi connectivity index (χ1) is 9.70. The number of nitrogens with one attached hydrogen (secondary N) is 1. The van der Waals surface area contributed by atoms with Gasteiger partial charge in [0.15, 0.2) is 0 Å². The monoisotopic (exact) mass is 280 g/mol. The van der Waals surface area contributed by atoms with Crippen molar-refractivity contribution in [1.82, 2.24) is 10.2 Å². The van der Waals surface area contributed by atoms with E-state index in [4.69, 9.17) is 4.74 Å². The van der Waals surface area contributed by atoms with Crippen molar-refractivity contribution >= 4 is 11.8 Å². The van der Waals surface area contributed by atoms with Gasteiger partial charge in [0.25, 0.3) is 0 Å². The zero-order valence-corrected chi connectivity index (χ0v) is 12.1. The minimum atomic E-state index is -0.293. The maximum absolute atomic E-state index is 12.6. The Kier molecular flexibility index (Phi) is 3.96. The van der Waals surface area contributed by atoms with Crippen LogP contribution < -0.4 is 5.32 Å². The lowest BCUT2D eigenvalue weighted by Crippen LogP contribution is -2.64. The first-order valence-corrected chi connectivity index (χ1v) is 7.93. The number of carbonyl (C=O) groups excluding carboxylic acids is 2. The van der Waals surface area contributed by atoms with E-state index in [0.717, 1.165) is 38.7 Å². The molecule has 3 atom stereocenters. The van der Waals surface area contributed by atoms with Crippen molar-refractivity contribution in [2.45, 2.75) is 63.6 Å². The van der Waals surface area contributed by atoms with E-state index in [9.17, 15) is 9.59 Å². The maximum atomic E-state index is 12.6. The average Bonchev–Trinajstić information content (AvgIpc) is 3.15. The smallest absolute Gasteiger partial charge is 0.246 e. The first-order valence-electron chi connectivity index (χ1n) is 7.93. The summed E-state index contributed by atoms with van der Waals surface area (Å²) in [4.78, 5) is 26.6. The third kappa shape index (κ3) is 2.68. The number of hydrogen-bond acceptors (Lipinski definition) is 3. The van der Waals surface area contributed by atoms with Crippen LogP contribution in [0.15, 0.2) is 0 Å². The lowest BCUT2D eigenvalue weighted by Gasteiger charge is -2.39. The van der Waals surface area contributed by atoms with E-state index in [1.54, 1.807) is 0 Å². The molecule has 0 bridgehead atoms. The quantitative estimate of drug-likeness (QED) is 0.819. The summed E-state index contributed by atoms with van der Waals surface area (Å²) in [5.41, 5.74) is 0. The van der Waals surface area contributed by atoms with Crippen molar-refractivity contribution in [3.8, 4) is 0 Å². The molecule has 1 saturated carbocycles. The second-order valence-corrected chi connectivity index (χ2v) is 6.20. The summed E-state index contributed by atoms with van der Waals surface area (Å²) in [5.74, 6) is 0.516. The molecule has 3 aliphatic rings. The van der Waals surface area contributed by atoms with Gasteiger partial charge in [0.2, 0.25) is 11.8 Å². The molecule has 3 fully saturated rings.